The van der Waals surface area contributed by atoms with Crippen molar-refractivity contribution in [1.29, 1.82) is 0 Å². The number of anilines is 1. The molecule has 1 N–H and O–H groups in total. The molecule has 0 saturated carbocycles. The number of amides is 1. The van der Waals surface area contributed by atoms with Gasteiger partial charge in [-0.15, -0.1) is 0 Å². The molecule has 3 aromatic rings. The van der Waals surface area contributed by atoms with Gasteiger partial charge in [-0.3, -0.25) is 9.59 Å². The summed E-state index contributed by atoms with van der Waals surface area (Å²) in [5.74, 6) is -1.56. The summed E-state index contributed by atoms with van der Waals surface area (Å²) in [5.41, 5.74) is 2.46. The van der Waals surface area contributed by atoms with Gasteiger partial charge in [0.1, 0.15) is 0 Å². The van der Waals surface area contributed by atoms with Crippen molar-refractivity contribution < 1.29 is 14.3 Å². The summed E-state index contributed by atoms with van der Waals surface area (Å²) < 4.78 is 6.47. The van der Waals surface area contributed by atoms with Gasteiger partial charge in [-0.05, 0) is 50.1 Å². The lowest BCUT2D eigenvalue weighted by Crippen LogP contribution is -2.27. The van der Waals surface area contributed by atoms with E-state index >= 15 is 0 Å². The van der Waals surface area contributed by atoms with Gasteiger partial charge < -0.3 is 10.1 Å². The number of aryl methyl sites for hydroxylation is 3. The molecule has 1 heterocycles. The van der Waals surface area contributed by atoms with Crippen molar-refractivity contribution >= 4 is 29.2 Å². The Morgan fingerprint density at radius 3 is 2.47 bits per heavy atom. The highest BCUT2D eigenvalue weighted by Gasteiger charge is 2.19. The highest BCUT2D eigenvalue weighted by Crippen LogP contribution is 2.27. The highest BCUT2D eigenvalue weighted by atomic mass is 35.5. The van der Waals surface area contributed by atoms with Crippen LogP contribution in [0.3, 0.4) is 0 Å². The van der Waals surface area contributed by atoms with Crippen molar-refractivity contribution in [2.45, 2.75) is 20.8 Å². The number of para-hydroxylation sites is 1. The molecule has 154 valence electrons. The van der Waals surface area contributed by atoms with Crippen molar-refractivity contribution in [2.75, 3.05) is 11.9 Å². The lowest BCUT2D eigenvalue weighted by Gasteiger charge is -2.12. The average molecular weight is 426 g/mol. The summed E-state index contributed by atoms with van der Waals surface area (Å²) in [6.45, 7) is 4.83. The van der Waals surface area contributed by atoms with E-state index in [0.29, 0.717) is 22.1 Å². The van der Waals surface area contributed by atoms with E-state index < -0.39 is 29.6 Å². The molecule has 0 saturated heterocycles. The number of ether oxygens (including phenoxy) is 1. The molecular weight excluding hydrogens is 406 g/mol. The maximum Gasteiger partial charge on any atom is 0.363 e. The van der Waals surface area contributed by atoms with E-state index in [1.54, 1.807) is 25.1 Å². The second-order valence-corrected chi connectivity index (χ2v) is 7.22. The molecule has 2 aromatic carbocycles. The van der Waals surface area contributed by atoms with Crippen molar-refractivity contribution in [3.05, 3.63) is 86.3 Å². The molecule has 0 fully saturated rings. The molecule has 7 nitrogen and oxygen atoms in total. The van der Waals surface area contributed by atoms with E-state index in [-0.39, 0.29) is 0 Å². The van der Waals surface area contributed by atoms with Crippen molar-refractivity contribution in [1.82, 2.24) is 9.78 Å². The monoisotopic (exact) mass is 425 g/mol. The van der Waals surface area contributed by atoms with Crippen LogP contribution in [0, 0.1) is 20.8 Å². The Morgan fingerprint density at radius 1 is 1.10 bits per heavy atom. The Bertz CT molecular complexity index is 1150. The third-order valence-corrected chi connectivity index (χ3v) is 4.63. The Balaban J connectivity index is 1.74. The number of nitrogens with one attached hydrogen (secondary N) is 1. The predicted octanol–water partition coefficient (Wildman–Crippen LogP) is 3.61. The molecule has 0 bridgehead atoms. The van der Waals surface area contributed by atoms with Crippen LogP contribution in [0.2, 0.25) is 5.02 Å². The number of benzene rings is 2. The standard InChI is InChI=1S/C22H20ClN3O4/c1-13-9-14(2)20(17(23)10-13)24-19(28)12-30-22(29)21-18(27)11-15(3)26(25-21)16-7-5-4-6-8-16/h4-11H,12H2,1-3H3,(H,24,28). The van der Waals surface area contributed by atoms with Crippen molar-refractivity contribution in [3.8, 4) is 5.69 Å². The first-order valence-electron chi connectivity index (χ1n) is 9.16. The third-order valence-electron chi connectivity index (χ3n) is 4.33. The SMILES string of the molecule is Cc1cc(C)c(NC(=O)COC(=O)c2nn(-c3ccccc3)c(C)cc2=O)c(Cl)c1. The molecule has 0 aliphatic carbocycles. The Morgan fingerprint density at radius 2 is 1.80 bits per heavy atom. The van der Waals surface area contributed by atoms with E-state index in [1.807, 2.05) is 38.1 Å². The van der Waals surface area contributed by atoms with Crippen LogP contribution >= 0.6 is 11.6 Å². The number of halogens is 1. The fourth-order valence-corrected chi connectivity index (χ4v) is 3.34. The summed E-state index contributed by atoms with van der Waals surface area (Å²) >= 11 is 6.17. The molecule has 3 rings (SSSR count). The van der Waals surface area contributed by atoms with Crippen LogP contribution < -0.4 is 10.7 Å². The van der Waals surface area contributed by atoms with Crippen molar-refractivity contribution in [3.63, 3.8) is 0 Å². The van der Waals surface area contributed by atoms with Gasteiger partial charge in [0.15, 0.2) is 6.61 Å². The van der Waals surface area contributed by atoms with Gasteiger partial charge in [0.25, 0.3) is 5.91 Å². The summed E-state index contributed by atoms with van der Waals surface area (Å²) in [6, 6.07) is 13.9. The molecule has 0 unspecified atom stereocenters. The van der Waals surface area contributed by atoms with Gasteiger partial charge in [-0.2, -0.15) is 5.10 Å². The van der Waals surface area contributed by atoms with Crippen LogP contribution in [-0.4, -0.2) is 28.3 Å². The van der Waals surface area contributed by atoms with Gasteiger partial charge in [0.2, 0.25) is 11.1 Å². The van der Waals surface area contributed by atoms with Crippen LogP contribution in [0.4, 0.5) is 5.69 Å². The van der Waals surface area contributed by atoms with E-state index in [2.05, 4.69) is 10.4 Å². The van der Waals surface area contributed by atoms with E-state index in [9.17, 15) is 14.4 Å². The lowest BCUT2D eigenvalue weighted by molar-refractivity contribution is -0.119. The maximum absolute atomic E-state index is 12.4. The number of hydrogen-bond donors (Lipinski definition) is 1. The van der Waals surface area contributed by atoms with E-state index in [1.165, 1.54) is 10.7 Å². The minimum absolute atomic E-state index is 0.387. The molecule has 1 aromatic heterocycles. The molecule has 1 amide bonds. The minimum Gasteiger partial charge on any atom is -0.451 e. The van der Waals surface area contributed by atoms with Gasteiger partial charge in [-0.1, -0.05) is 35.9 Å². The predicted molar refractivity (Wildman–Crippen MR) is 114 cm³/mol. The maximum atomic E-state index is 12.4. The lowest BCUT2D eigenvalue weighted by atomic mass is 10.1. The molecule has 0 aliphatic rings. The molecule has 0 atom stereocenters. The van der Waals surface area contributed by atoms with E-state index in [0.717, 1.165) is 11.1 Å². The quantitative estimate of drug-likeness (QED) is 0.630. The van der Waals surface area contributed by atoms with Gasteiger partial charge in [-0.25, -0.2) is 9.48 Å². The van der Waals surface area contributed by atoms with Gasteiger partial charge in [0, 0.05) is 11.8 Å². The van der Waals surface area contributed by atoms with Crippen LogP contribution in [-0.2, 0) is 9.53 Å². The number of rotatable bonds is 5. The van der Waals surface area contributed by atoms with Crippen LogP contribution in [0.1, 0.15) is 27.3 Å². The Hall–Kier alpha value is -3.45. The number of carbonyl (C=O) groups excluding carboxylic acids is 2. The zero-order chi connectivity index (χ0) is 21.8. The molecule has 0 aliphatic heterocycles. The van der Waals surface area contributed by atoms with Gasteiger partial charge in [0.05, 0.1) is 16.4 Å². The Kier molecular flexibility index (Phi) is 6.32. The fraction of sp³-hybridized carbons (Fsp3) is 0.182. The zero-order valence-electron chi connectivity index (χ0n) is 16.7. The summed E-state index contributed by atoms with van der Waals surface area (Å²) in [4.78, 5) is 36.8. The third kappa shape index (κ3) is 4.75. The highest BCUT2D eigenvalue weighted by molar-refractivity contribution is 6.34. The summed E-state index contributed by atoms with van der Waals surface area (Å²) in [7, 11) is 0. The molecule has 0 radical (unpaired) electrons. The first-order chi connectivity index (χ1) is 14.3. The van der Waals surface area contributed by atoms with Crippen LogP contribution in [0.15, 0.2) is 53.3 Å². The number of carbonyl (C=O) groups is 2. The largest absolute Gasteiger partial charge is 0.451 e. The van der Waals surface area contributed by atoms with Crippen molar-refractivity contribution in [2.24, 2.45) is 0 Å². The molecule has 8 heteroatoms. The first-order valence-corrected chi connectivity index (χ1v) is 9.54. The topological polar surface area (TPSA) is 90.3 Å². The van der Waals surface area contributed by atoms with Crippen LogP contribution in [0.5, 0.6) is 0 Å². The molecular formula is C22H20ClN3O4. The second kappa shape index (κ2) is 8.92. The normalized spacial score (nSPS) is 10.5. The number of hydrogen-bond acceptors (Lipinski definition) is 5. The van der Waals surface area contributed by atoms with Gasteiger partial charge >= 0.3 is 5.97 Å². The number of nitrogens with zero attached hydrogens (tertiary/aromatic N) is 2. The number of esters is 1. The average Bonchev–Trinajstić information content (AvgIpc) is 2.69. The number of aromatic nitrogens is 2. The second-order valence-electron chi connectivity index (χ2n) is 6.81. The Labute approximate surface area is 178 Å². The van der Waals surface area contributed by atoms with E-state index in [4.69, 9.17) is 16.3 Å². The minimum atomic E-state index is -0.980. The van der Waals surface area contributed by atoms with Crippen LogP contribution in [0.25, 0.3) is 5.69 Å². The molecule has 0 spiro atoms. The smallest absolute Gasteiger partial charge is 0.363 e. The summed E-state index contributed by atoms with van der Waals surface area (Å²) in [5, 5.41) is 7.13. The molecule has 30 heavy (non-hydrogen) atoms. The zero-order valence-corrected chi connectivity index (χ0v) is 17.5. The fourth-order valence-electron chi connectivity index (χ4n) is 2.97. The first kappa shape index (κ1) is 21.3. The summed E-state index contributed by atoms with van der Waals surface area (Å²) in [6.07, 6.45) is 0.